The van der Waals surface area contributed by atoms with Gasteiger partial charge in [0.1, 0.15) is 0 Å². The summed E-state index contributed by atoms with van der Waals surface area (Å²) in [6.45, 7) is 4.20. The van der Waals surface area contributed by atoms with E-state index in [0.29, 0.717) is 19.0 Å². The van der Waals surface area contributed by atoms with Gasteiger partial charge < -0.3 is 14.6 Å². The highest BCUT2D eigenvalue weighted by Gasteiger charge is 2.18. The molecule has 122 valence electrons. The second kappa shape index (κ2) is 7.39. The van der Waals surface area contributed by atoms with Crippen LogP contribution in [-0.2, 0) is 11.3 Å². The first kappa shape index (κ1) is 15.7. The van der Waals surface area contributed by atoms with E-state index in [4.69, 9.17) is 4.42 Å². The van der Waals surface area contributed by atoms with Crippen molar-refractivity contribution in [3.05, 3.63) is 42.4 Å². The third-order valence-electron chi connectivity index (χ3n) is 3.89. The maximum atomic E-state index is 12.2. The number of hydrogen-bond donors (Lipinski definition) is 1. The molecule has 3 rings (SSSR count). The largest absolute Gasteiger partial charge is 0.439 e. The quantitative estimate of drug-likeness (QED) is 0.899. The van der Waals surface area contributed by atoms with Crippen molar-refractivity contribution < 1.29 is 9.21 Å². The van der Waals surface area contributed by atoms with Crippen LogP contribution >= 0.6 is 0 Å². The smallest absolute Gasteiger partial charge is 0.236 e. The van der Waals surface area contributed by atoms with Crippen molar-refractivity contribution in [3.63, 3.8) is 0 Å². The van der Waals surface area contributed by atoms with Crippen LogP contribution < -0.4 is 5.32 Å². The van der Waals surface area contributed by atoms with Gasteiger partial charge >= 0.3 is 0 Å². The van der Waals surface area contributed by atoms with Crippen LogP contribution in [0, 0.1) is 0 Å². The van der Waals surface area contributed by atoms with E-state index in [2.05, 4.69) is 10.3 Å². The second-order valence-corrected chi connectivity index (χ2v) is 5.79. The van der Waals surface area contributed by atoms with Gasteiger partial charge in [-0.1, -0.05) is 30.3 Å². The molecule has 0 aliphatic carbocycles. The highest BCUT2D eigenvalue weighted by molar-refractivity contribution is 5.78. The molecule has 1 aromatic carbocycles. The lowest BCUT2D eigenvalue weighted by atomic mass is 10.2. The number of benzene rings is 1. The Morgan fingerprint density at radius 2 is 2.04 bits per heavy atom. The van der Waals surface area contributed by atoms with Crippen LogP contribution in [0.2, 0.25) is 0 Å². The summed E-state index contributed by atoms with van der Waals surface area (Å²) in [6.07, 6.45) is 1.73. The Balaban J connectivity index is 1.54. The van der Waals surface area contributed by atoms with Gasteiger partial charge in [-0.15, -0.1) is 0 Å². The lowest BCUT2D eigenvalue weighted by molar-refractivity contribution is -0.132. The van der Waals surface area contributed by atoms with Crippen molar-refractivity contribution in [3.8, 4) is 11.3 Å². The molecule has 0 bridgehead atoms. The van der Waals surface area contributed by atoms with Gasteiger partial charge in [-0.05, 0) is 7.05 Å². The lowest BCUT2D eigenvalue weighted by Gasteiger charge is -2.29. The number of amides is 1. The van der Waals surface area contributed by atoms with Crippen molar-refractivity contribution in [1.82, 2.24) is 20.1 Å². The summed E-state index contributed by atoms with van der Waals surface area (Å²) in [6, 6.07) is 9.88. The fourth-order valence-electron chi connectivity index (χ4n) is 2.65. The molecule has 1 aliphatic rings. The zero-order valence-electron chi connectivity index (χ0n) is 13.4. The van der Waals surface area contributed by atoms with Crippen molar-refractivity contribution in [1.29, 1.82) is 0 Å². The third-order valence-corrected chi connectivity index (χ3v) is 3.89. The van der Waals surface area contributed by atoms with Crippen LogP contribution in [0.1, 0.15) is 5.89 Å². The molecule has 0 unspecified atom stereocenters. The summed E-state index contributed by atoms with van der Waals surface area (Å²) in [5.41, 5.74) is 1.01. The van der Waals surface area contributed by atoms with Crippen LogP contribution in [0.4, 0.5) is 0 Å². The van der Waals surface area contributed by atoms with Gasteiger partial charge in [0, 0.05) is 31.7 Å². The average molecular weight is 314 g/mol. The number of oxazole rings is 1. The van der Waals surface area contributed by atoms with Gasteiger partial charge in [0.15, 0.2) is 5.76 Å². The molecular formula is C17H22N4O2. The summed E-state index contributed by atoms with van der Waals surface area (Å²) >= 11 is 0. The highest BCUT2D eigenvalue weighted by atomic mass is 16.4. The number of piperazine rings is 1. The Bertz CT molecular complexity index is 635. The number of carbonyl (C=O) groups is 1. The molecule has 1 fully saturated rings. The number of rotatable bonds is 5. The zero-order valence-corrected chi connectivity index (χ0v) is 13.4. The second-order valence-electron chi connectivity index (χ2n) is 5.79. The molecule has 1 saturated heterocycles. The monoisotopic (exact) mass is 314 g/mol. The number of nitrogens with zero attached hydrogens (tertiary/aromatic N) is 3. The average Bonchev–Trinajstić information content (AvgIpc) is 3.04. The van der Waals surface area contributed by atoms with E-state index in [-0.39, 0.29) is 5.91 Å². The molecule has 1 N–H and O–H groups in total. The normalized spacial score (nSPS) is 15.1. The standard InChI is InChI=1S/C17H22N4O2/c1-20(13-17(22)21-9-7-18-8-10-21)12-16-19-11-15(23-16)14-5-3-2-4-6-14/h2-6,11,18H,7-10,12-13H2,1H3. The predicted octanol–water partition coefficient (Wildman–Crippen LogP) is 1.21. The number of nitrogens with one attached hydrogen (secondary N) is 1. The van der Waals surface area contributed by atoms with Gasteiger partial charge in [0.25, 0.3) is 0 Å². The first-order chi connectivity index (χ1) is 11.2. The van der Waals surface area contributed by atoms with Gasteiger partial charge in [-0.25, -0.2) is 4.98 Å². The molecular weight excluding hydrogens is 292 g/mol. The highest BCUT2D eigenvalue weighted by Crippen LogP contribution is 2.20. The fourth-order valence-corrected chi connectivity index (χ4v) is 2.65. The lowest BCUT2D eigenvalue weighted by Crippen LogP contribution is -2.49. The van der Waals surface area contributed by atoms with E-state index < -0.39 is 0 Å². The van der Waals surface area contributed by atoms with Crippen LogP contribution in [-0.4, -0.2) is 60.5 Å². The molecule has 0 spiro atoms. The van der Waals surface area contributed by atoms with Crippen molar-refractivity contribution in [2.45, 2.75) is 6.54 Å². The number of hydrogen-bond acceptors (Lipinski definition) is 5. The van der Waals surface area contributed by atoms with Crippen molar-refractivity contribution >= 4 is 5.91 Å². The van der Waals surface area contributed by atoms with Crippen LogP contribution in [0.15, 0.2) is 40.9 Å². The van der Waals surface area contributed by atoms with Gasteiger partial charge in [0.05, 0.1) is 19.3 Å². The van der Waals surface area contributed by atoms with E-state index in [1.165, 1.54) is 0 Å². The Hall–Kier alpha value is -2.18. The third kappa shape index (κ3) is 4.18. The van der Waals surface area contributed by atoms with Gasteiger partial charge in [-0.2, -0.15) is 0 Å². The minimum atomic E-state index is 0.156. The molecule has 2 aromatic rings. The molecule has 2 heterocycles. The summed E-state index contributed by atoms with van der Waals surface area (Å²) in [5.74, 6) is 1.53. The predicted molar refractivity (Wildman–Crippen MR) is 87.7 cm³/mol. The SMILES string of the molecule is CN(CC(=O)N1CCNCC1)Cc1ncc(-c2ccccc2)o1. The fraction of sp³-hybridized carbons (Fsp3) is 0.412. The summed E-state index contributed by atoms with van der Waals surface area (Å²) in [5, 5.41) is 3.25. The van der Waals surface area contributed by atoms with Crippen LogP contribution in [0.25, 0.3) is 11.3 Å². The minimum Gasteiger partial charge on any atom is -0.439 e. The van der Waals surface area contributed by atoms with Gasteiger partial charge in [-0.3, -0.25) is 9.69 Å². The minimum absolute atomic E-state index is 0.156. The molecule has 0 radical (unpaired) electrons. The zero-order chi connectivity index (χ0) is 16.1. The molecule has 1 aliphatic heterocycles. The summed E-state index contributed by atoms with van der Waals surface area (Å²) in [4.78, 5) is 20.4. The van der Waals surface area contributed by atoms with Crippen LogP contribution in [0.5, 0.6) is 0 Å². The molecule has 0 saturated carbocycles. The van der Waals surface area contributed by atoms with E-state index in [0.717, 1.165) is 37.5 Å². The van der Waals surface area contributed by atoms with Crippen molar-refractivity contribution in [2.75, 3.05) is 39.8 Å². The number of carbonyl (C=O) groups excluding carboxylic acids is 1. The summed E-state index contributed by atoms with van der Waals surface area (Å²) < 4.78 is 5.78. The van der Waals surface area contributed by atoms with E-state index in [9.17, 15) is 4.79 Å². The van der Waals surface area contributed by atoms with Crippen molar-refractivity contribution in [2.24, 2.45) is 0 Å². The molecule has 0 atom stereocenters. The first-order valence-corrected chi connectivity index (χ1v) is 7.89. The topological polar surface area (TPSA) is 61.6 Å². The molecule has 6 heteroatoms. The number of likely N-dealkylation sites (N-methyl/N-ethyl adjacent to an activating group) is 1. The summed E-state index contributed by atoms with van der Waals surface area (Å²) in [7, 11) is 1.91. The number of aromatic nitrogens is 1. The first-order valence-electron chi connectivity index (χ1n) is 7.89. The van der Waals surface area contributed by atoms with Crippen LogP contribution in [0.3, 0.4) is 0 Å². The Morgan fingerprint density at radius 3 is 2.78 bits per heavy atom. The molecule has 23 heavy (non-hydrogen) atoms. The van der Waals surface area contributed by atoms with E-state index >= 15 is 0 Å². The molecule has 1 aromatic heterocycles. The van der Waals surface area contributed by atoms with E-state index in [1.54, 1.807) is 6.20 Å². The van der Waals surface area contributed by atoms with Gasteiger partial charge in [0.2, 0.25) is 11.8 Å². The Morgan fingerprint density at radius 1 is 1.30 bits per heavy atom. The molecule has 6 nitrogen and oxygen atoms in total. The van der Waals surface area contributed by atoms with E-state index in [1.807, 2.05) is 47.2 Å². The maximum Gasteiger partial charge on any atom is 0.236 e. The Labute approximate surface area is 136 Å². The molecule has 1 amide bonds. The Kier molecular flexibility index (Phi) is 5.05. The maximum absolute atomic E-state index is 12.2.